The molecule has 4 rings (SSSR count). The number of nitrogens with zero attached hydrogens (tertiary/aromatic N) is 3. The van der Waals surface area contributed by atoms with Gasteiger partial charge in [0.1, 0.15) is 41.0 Å². The zero-order valence-electron chi connectivity index (χ0n) is 16.6. The maximum absolute atomic E-state index is 13.0. The van der Waals surface area contributed by atoms with Gasteiger partial charge in [-0.25, -0.2) is 14.2 Å². The van der Waals surface area contributed by atoms with E-state index in [1.165, 1.54) is 41.4 Å². The predicted octanol–water partition coefficient (Wildman–Crippen LogP) is 0.860. The highest BCUT2D eigenvalue weighted by atomic mass is 32.2. The van der Waals surface area contributed by atoms with Gasteiger partial charge in [-0.2, -0.15) is 0 Å². The predicted molar refractivity (Wildman–Crippen MR) is 116 cm³/mol. The summed E-state index contributed by atoms with van der Waals surface area (Å²) in [5, 5.41) is 25.2. The maximum Gasteiger partial charge on any atom is 0.352 e. The van der Waals surface area contributed by atoms with Gasteiger partial charge in [-0.05, 0) is 24.3 Å². The van der Waals surface area contributed by atoms with Gasteiger partial charge in [0, 0.05) is 16.7 Å². The van der Waals surface area contributed by atoms with E-state index in [-0.39, 0.29) is 28.9 Å². The summed E-state index contributed by atoms with van der Waals surface area (Å²) in [5.41, 5.74) is 5.30. The smallest absolute Gasteiger partial charge is 0.352 e. The van der Waals surface area contributed by atoms with Crippen LogP contribution in [0, 0.1) is 5.82 Å². The Morgan fingerprint density at radius 3 is 2.70 bits per heavy atom. The van der Waals surface area contributed by atoms with Crippen molar-refractivity contribution in [3.8, 4) is 5.75 Å². The molecule has 2 amide bonds. The van der Waals surface area contributed by atoms with Crippen LogP contribution in [0.15, 0.2) is 46.1 Å². The number of hydrogen-bond donors (Lipinski definition) is 4. The number of hydrogen-bond acceptors (Lipinski definition) is 10. The molecule has 0 saturated carbocycles. The van der Waals surface area contributed by atoms with Crippen LogP contribution in [0.5, 0.6) is 5.75 Å². The van der Waals surface area contributed by atoms with Gasteiger partial charge in [0.05, 0.1) is 0 Å². The number of thiazole rings is 1. The number of carboxylic acids is 1. The lowest BCUT2D eigenvalue weighted by molar-refractivity contribution is -0.150. The van der Waals surface area contributed by atoms with Crippen LogP contribution in [-0.4, -0.2) is 67.5 Å². The number of carboxylic acid groups (broad SMARTS) is 1. The SMILES string of the molecule is Nc1nc(/C(=N/O)C(=O)N[C@@H]2C(=O)N3C(C(=O)O)=C(COc4ccc(F)cc4)CS[C@H]23)cs1. The Morgan fingerprint density at radius 2 is 2.09 bits per heavy atom. The molecule has 1 fully saturated rings. The molecule has 2 aromatic rings. The quantitative estimate of drug-likeness (QED) is 0.189. The van der Waals surface area contributed by atoms with Crippen LogP contribution in [0.4, 0.5) is 9.52 Å². The first kappa shape index (κ1) is 22.5. The van der Waals surface area contributed by atoms with Crippen molar-refractivity contribution in [1.29, 1.82) is 0 Å². The molecular formula is C19H16FN5O6S2. The Morgan fingerprint density at radius 1 is 1.36 bits per heavy atom. The number of oxime groups is 1. The van der Waals surface area contributed by atoms with Gasteiger partial charge in [0.15, 0.2) is 10.8 Å². The van der Waals surface area contributed by atoms with E-state index in [9.17, 15) is 29.1 Å². The lowest BCUT2D eigenvalue weighted by Crippen LogP contribution is -2.71. The molecule has 11 nitrogen and oxygen atoms in total. The molecule has 14 heteroatoms. The Kier molecular flexibility index (Phi) is 6.20. The van der Waals surface area contributed by atoms with Crippen LogP contribution in [0.3, 0.4) is 0 Å². The number of β-lactam (4-membered cyclic amide) rings is 1. The average Bonchev–Trinajstić information content (AvgIpc) is 3.22. The third kappa shape index (κ3) is 4.34. The summed E-state index contributed by atoms with van der Waals surface area (Å²) < 4.78 is 18.6. The fourth-order valence-electron chi connectivity index (χ4n) is 3.31. The monoisotopic (exact) mass is 493 g/mol. The van der Waals surface area contributed by atoms with Crippen molar-refractivity contribution in [2.24, 2.45) is 5.16 Å². The van der Waals surface area contributed by atoms with Crippen LogP contribution >= 0.6 is 23.1 Å². The summed E-state index contributed by atoms with van der Waals surface area (Å²) in [6.45, 7) is -0.111. The van der Waals surface area contributed by atoms with E-state index in [1.54, 1.807) is 0 Å². The van der Waals surface area contributed by atoms with Crippen LogP contribution in [0.1, 0.15) is 5.69 Å². The van der Waals surface area contributed by atoms with Gasteiger partial charge in [0.25, 0.3) is 11.8 Å². The number of aromatic nitrogens is 1. The molecule has 1 saturated heterocycles. The molecular weight excluding hydrogens is 477 g/mol. The first-order valence-corrected chi connectivity index (χ1v) is 11.3. The molecule has 172 valence electrons. The van der Waals surface area contributed by atoms with Crippen molar-refractivity contribution < 1.29 is 33.8 Å². The first-order chi connectivity index (χ1) is 15.8. The number of anilines is 1. The number of aliphatic carboxylic acids is 1. The van der Waals surface area contributed by atoms with Gasteiger partial charge in [-0.15, -0.1) is 23.1 Å². The number of thioether (sulfide) groups is 1. The Bertz CT molecular complexity index is 1180. The highest BCUT2D eigenvalue weighted by molar-refractivity contribution is 8.00. The molecule has 0 spiro atoms. The Hall–Kier alpha value is -3.65. The zero-order valence-corrected chi connectivity index (χ0v) is 18.2. The second-order valence-corrected chi connectivity index (χ2v) is 8.88. The van der Waals surface area contributed by atoms with Crippen molar-refractivity contribution in [1.82, 2.24) is 15.2 Å². The molecule has 2 aliphatic heterocycles. The number of nitrogens with one attached hydrogen (secondary N) is 1. The van der Waals surface area contributed by atoms with Crippen molar-refractivity contribution >= 4 is 51.7 Å². The lowest BCUT2D eigenvalue weighted by atomic mass is 10.0. The zero-order chi connectivity index (χ0) is 23.7. The number of nitrogen functional groups attached to an aromatic ring is 1. The number of carbonyl (C=O) groups excluding carboxylic acids is 2. The highest BCUT2D eigenvalue weighted by Crippen LogP contribution is 2.40. The average molecular weight is 493 g/mol. The number of rotatable bonds is 7. The van der Waals surface area contributed by atoms with Gasteiger partial charge in [-0.1, -0.05) is 5.16 Å². The van der Waals surface area contributed by atoms with E-state index in [2.05, 4.69) is 15.5 Å². The Labute approximate surface area is 193 Å². The molecule has 2 atom stereocenters. The normalized spacial score (nSPS) is 20.2. The van der Waals surface area contributed by atoms with Crippen molar-refractivity contribution in [2.75, 3.05) is 18.1 Å². The van der Waals surface area contributed by atoms with E-state index in [0.29, 0.717) is 11.3 Å². The minimum atomic E-state index is -1.31. The van der Waals surface area contributed by atoms with Crippen molar-refractivity contribution in [2.45, 2.75) is 11.4 Å². The molecule has 0 bridgehead atoms. The molecule has 33 heavy (non-hydrogen) atoms. The number of carbonyl (C=O) groups is 3. The largest absolute Gasteiger partial charge is 0.489 e. The number of halogens is 1. The van der Waals surface area contributed by atoms with E-state index < -0.39 is 40.7 Å². The van der Waals surface area contributed by atoms with Crippen LogP contribution in [0.25, 0.3) is 0 Å². The Balaban J connectivity index is 1.47. The summed E-state index contributed by atoms with van der Waals surface area (Å²) in [4.78, 5) is 42.1. The van der Waals surface area contributed by atoms with Gasteiger partial charge < -0.3 is 26.1 Å². The number of benzene rings is 1. The topological polar surface area (TPSA) is 167 Å². The second-order valence-electron chi connectivity index (χ2n) is 6.88. The fraction of sp³-hybridized carbons (Fsp3) is 0.211. The highest BCUT2D eigenvalue weighted by Gasteiger charge is 2.54. The van der Waals surface area contributed by atoms with Gasteiger partial charge in [-0.3, -0.25) is 14.5 Å². The second kappa shape index (κ2) is 9.07. The van der Waals surface area contributed by atoms with E-state index >= 15 is 0 Å². The maximum atomic E-state index is 13.0. The van der Waals surface area contributed by atoms with Crippen LogP contribution in [0.2, 0.25) is 0 Å². The van der Waals surface area contributed by atoms with E-state index in [0.717, 1.165) is 16.2 Å². The van der Waals surface area contributed by atoms with E-state index in [4.69, 9.17) is 10.5 Å². The summed E-state index contributed by atoms with van der Waals surface area (Å²) in [6.07, 6.45) is 0. The lowest BCUT2D eigenvalue weighted by Gasteiger charge is -2.49. The van der Waals surface area contributed by atoms with Gasteiger partial charge in [0.2, 0.25) is 0 Å². The molecule has 0 radical (unpaired) electrons. The van der Waals surface area contributed by atoms with Crippen LogP contribution < -0.4 is 15.8 Å². The summed E-state index contributed by atoms with van der Waals surface area (Å²) in [5.74, 6) is -2.66. The minimum Gasteiger partial charge on any atom is -0.489 e. The fourth-order valence-corrected chi connectivity index (χ4v) is 5.19. The number of fused-ring (bicyclic) bond motifs is 1. The summed E-state index contributed by atoms with van der Waals surface area (Å²) in [6, 6.07) is 4.22. The molecule has 3 heterocycles. The standard InChI is InChI=1S/C19H16FN5O6S2/c20-9-1-3-10(4-2-9)31-5-8-6-32-17-13(16(27)25(17)14(8)18(28)29)23-15(26)12(24-30)11-7-33-19(21)22-11/h1-4,7,13,17,30H,5-6H2,(H2,21,22)(H,23,26)(H,28,29)/b24-12-/t13-,17-/m1/s1. The minimum absolute atomic E-state index is 0.0452. The molecule has 1 aromatic heterocycles. The first-order valence-electron chi connectivity index (χ1n) is 9.32. The molecule has 1 aromatic carbocycles. The van der Waals surface area contributed by atoms with Crippen LogP contribution in [-0.2, 0) is 14.4 Å². The molecule has 2 aliphatic rings. The number of nitrogens with two attached hydrogens (primary N) is 1. The molecule has 0 aliphatic carbocycles. The molecule has 5 N–H and O–H groups in total. The van der Waals surface area contributed by atoms with Crippen molar-refractivity contribution in [3.05, 3.63) is 52.4 Å². The summed E-state index contributed by atoms with van der Waals surface area (Å²) in [7, 11) is 0. The third-order valence-electron chi connectivity index (χ3n) is 4.84. The number of amides is 2. The third-order valence-corrected chi connectivity index (χ3v) is 6.86. The van der Waals surface area contributed by atoms with Gasteiger partial charge >= 0.3 is 5.97 Å². The van der Waals surface area contributed by atoms with E-state index in [1.807, 2.05) is 0 Å². The summed E-state index contributed by atoms with van der Waals surface area (Å²) >= 11 is 2.29. The number of ether oxygens (including phenoxy) is 1. The molecule has 0 unspecified atom stereocenters. The van der Waals surface area contributed by atoms with Crippen molar-refractivity contribution in [3.63, 3.8) is 0 Å².